The van der Waals surface area contributed by atoms with E-state index in [-0.39, 0.29) is 5.54 Å². The molecule has 1 heterocycles. The van der Waals surface area contributed by atoms with E-state index in [0.29, 0.717) is 5.41 Å². The molecule has 0 amide bonds. The molecule has 1 atom stereocenters. The highest BCUT2D eigenvalue weighted by atomic mass is 15.0. The smallest absolute Gasteiger partial charge is 0.108 e. The van der Waals surface area contributed by atoms with Gasteiger partial charge in [0.2, 0.25) is 0 Å². The van der Waals surface area contributed by atoms with E-state index in [1.165, 1.54) is 6.42 Å². The van der Waals surface area contributed by atoms with Gasteiger partial charge in [-0.3, -0.25) is 0 Å². The number of rotatable bonds is 3. The molecule has 1 aromatic heterocycles. The molecule has 1 saturated carbocycles. The lowest BCUT2D eigenvalue weighted by atomic mass is 9.86. The highest BCUT2D eigenvalue weighted by molar-refractivity contribution is 5.00. The zero-order chi connectivity index (χ0) is 11.8. The predicted octanol–water partition coefficient (Wildman–Crippen LogP) is 2.26. The topological polar surface area (TPSA) is 43.8 Å². The molecule has 0 aliphatic heterocycles. The monoisotopic (exact) mass is 221 g/mol. The van der Waals surface area contributed by atoms with Crippen LogP contribution in [0.5, 0.6) is 0 Å². The van der Waals surface area contributed by atoms with Crippen molar-refractivity contribution >= 4 is 0 Å². The molecule has 1 unspecified atom stereocenters. The zero-order valence-corrected chi connectivity index (χ0v) is 10.7. The first-order chi connectivity index (χ1) is 7.40. The van der Waals surface area contributed by atoms with Crippen LogP contribution in [0.25, 0.3) is 0 Å². The Labute approximate surface area is 98.1 Å². The van der Waals surface area contributed by atoms with Crippen LogP contribution in [-0.2, 0) is 13.5 Å². The fraction of sp³-hybridized carbons (Fsp3) is 0.769. The quantitative estimate of drug-likeness (QED) is 0.851. The van der Waals surface area contributed by atoms with Gasteiger partial charge in [-0.1, -0.05) is 13.8 Å². The molecule has 2 N–H and O–H groups in total. The van der Waals surface area contributed by atoms with Gasteiger partial charge in [0.05, 0.1) is 0 Å². The summed E-state index contributed by atoms with van der Waals surface area (Å²) in [5.74, 6) is 1.15. The maximum atomic E-state index is 6.46. The van der Waals surface area contributed by atoms with Crippen molar-refractivity contribution in [2.24, 2.45) is 18.2 Å². The first-order valence-electron chi connectivity index (χ1n) is 6.15. The second-order valence-corrected chi connectivity index (χ2v) is 6.16. The lowest BCUT2D eigenvalue weighted by Crippen LogP contribution is -2.38. The summed E-state index contributed by atoms with van der Waals surface area (Å²) in [5.41, 5.74) is 6.93. The maximum absolute atomic E-state index is 6.46. The molecular weight excluding hydrogens is 198 g/mol. The molecule has 1 fully saturated rings. The van der Waals surface area contributed by atoms with E-state index < -0.39 is 0 Å². The third-order valence-electron chi connectivity index (χ3n) is 3.90. The molecule has 0 radical (unpaired) electrons. The molecule has 0 saturated heterocycles. The molecule has 0 spiro atoms. The van der Waals surface area contributed by atoms with E-state index in [1.807, 2.05) is 19.4 Å². The van der Waals surface area contributed by atoms with Gasteiger partial charge in [-0.25, -0.2) is 4.98 Å². The van der Waals surface area contributed by atoms with Crippen LogP contribution in [0.15, 0.2) is 12.4 Å². The van der Waals surface area contributed by atoms with E-state index >= 15 is 0 Å². The number of aromatic nitrogens is 2. The number of hydrogen-bond donors (Lipinski definition) is 1. The van der Waals surface area contributed by atoms with Crippen molar-refractivity contribution < 1.29 is 0 Å². The second kappa shape index (κ2) is 3.88. The Morgan fingerprint density at radius 3 is 2.69 bits per heavy atom. The Bertz CT molecular complexity index is 367. The molecular formula is C13H23N3. The third kappa shape index (κ3) is 2.46. The van der Waals surface area contributed by atoms with Gasteiger partial charge < -0.3 is 10.3 Å². The average molecular weight is 221 g/mol. The van der Waals surface area contributed by atoms with Crippen LogP contribution in [0.4, 0.5) is 0 Å². The standard InChI is InChI=1S/C13H23N3/c1-12(2)6-7-13(14,10-12)5-4-11-15-8-9-16(11)3/h8-9H,4-7,10,14H2,1-3H3. The first kappa shape index (κ1) is 11.6. The molecule has 3 nitrogen and oxygen atoms in total. The van der Waals surface area contributed by atoms with Crippen molar-refractivity contribution in [2.45, 2.75) is 51.5 Å². The minimum absolute atomic E-state index is 0.0372. The Balaban J connectivity index is 1.94. The lowest BCUT2D eigenvalue weighted by Gasteiger charge is -2.26. The number of nitrogens with zero attached hydrogens (tertiary/aromatic N) is 2. The SMILES string of the molecule is Cn1ccnc1CCC1(N)CCC(C)(C)C1. The Morgan fingerprint density at radius 2 is 2.19 bits per heavy atom. The van der Waals surface area contributed by atoms with Crippen LogP contribution in [0.2, 0.25) is 0 Å². The van der Waals surface area contributed by atoms with E-state index in [0.717, 1.165) is 31.5 Å². The van der Waals surface area contributed by atoms with Crippen LogP contribution in [0.3, 0.4) is 0 Å². The van der Waals surface area contributed by atoms with Crippen LogP contribution in [0.1, 0.15) is 45.4 Å². The lowest BCUT2D eigenvalue weighted by molar-refractivity contribution is 0.322. The van der Waals surface area contributed by atoms with Crippen molar-refractivity contribution in [3.63, 3.8) is 0 Å². The zero-order valence-electron chi connectivity index (χ0n) is 10.7. The minimum atomic E-state index is 0.0372. The first-order valence-corrected chi connectivity index (χ1v) is 6.15. The van der Waals surface area contributed by atoms with Gasteiger partial charge in [-0.15, -0.1) is 0 Å². The van der Waals surface area contributed by atoms with Crippen LogP contribution < -0.4 is 5.73 Å². The molecule has 1 aliphatic rings. The highest BCUT2D eigenvalue weighted by Crippen LogP contribution is 2.43. The minimum Gasteiger partial charge on any atom is -0.338 e. The van der Waals surface area contributed by atoms with E-state index in [2.05, 4.69) is 23.4 Å². The average Bonchev–Trinajstić information content (AvgIpc) is 2.69. The van der Waals surface area contributed by atoms with Crippen molar-refractivity contribution in [2.75, 3.05) is 0 Å². The van der Waals surface area contributed by atoms with E-state index in [1.54, 1.807) is 0 Å². The molecule has 16 heavy (non-hydrogen) atoms. The van der Waals surface area contributed by atoms with Gasteiger partial charge in [-0.2, -0.15) is 0 Å². The molecule has 0 bridgehead atoms. The van der Waals surface area contributed by atoms with Gasteiger partial charge >= 0.3 is 0 Å². The number of imidazole rings is 1. The fourth-order valence-electron chi connectivity index (χ4n) is 2.93. The van der Waals surface area contributed by atoms with Gasteiger partial charge in [0, 0.05) is 31.4 Å². The Kier molecular flexibility index (Phi) is 2.82. The number of hydrogen-bond acceptors (Lipinski definition) is 2. The van der Waals surface area contributed by atoms with Gasteiger partial charge in [0.25, 0.3) is 0 Å². The van der Waals surface area contributed by atoms with Crippen LogP contribution >= 0.6 is 0 Å². The summed E-state index contributed by atoms with van der Waals surface area (Å²) in [6.07, 6.45) is 9.46. The van der Waals surface area contributed by atoms with E-state index in [4.69, 9.17) is 5.73 Å². The summed E-state index contributed by atoms with van der Waals surface area (Å²) in [4.78, 5) is 4.35. The fourth-order valence-corrected chi connectivity index (χ4v) is 2.93. The molecule has 0 aromatic carbocycles. The molecule has 2 rings (SSSR count). The van der Waals surface area contributed by atoms with Crippen molar-refractivity contribution in [3.05, 3.63) is 18.2 Å². The van der Waals surface area contributed by atoms with E-state index in [9.17, 15) is 0 Å². The summed E-state index contributed by atoms with van der Waals surface area (Å²) in [6, 6.07) is 0. The summed E-state index contributed by atoms with van der Waals surface area (Å²) >= 11 is 0. The number of aryl methyl sites for hydroxylation is 2. The van der Waals surface area contributed by atoms with Gasteiger partial charge in [0.15, 0.2) is 0 Å². The molecule has 1 aromatic rings. The molecule has 3 heteroatoms. The predicted molar refractivity (Wildman–Crippen MR) is 66.1 cm³/mol. The molecule has 90 valence electrons. The molecule has 1 aliphatic carbocycles. The largest absolute Gasteiger partial charge is 0.338 e. The highest BCUT2D eigenvalue weighted by Gasteiger charge is 2.39. The van der Waals surface area contributed by atoms with Crippen molar-refractivity contribution in [1.82, 2.24) is 9.55 Å². The summed E-state index contributed by atoms with van der Waals surface area (Å²) < 4.78 is 2.09. The maximum Gasteiger partial charge on any atom is 0.108 e. The van der Waals surface area contributed by atoms with Gasteiger partial charge in [-0.05, 0) is 31.1 Å². The summed E-state index contributed by atoms with van der Waals surface area (Å²) in [6.45, 7) is 4.64. The van der Waals surface area contributed by atoms with Gasteiger partial charge in [0.1, 0.15) is 5.82 Å². The van der Waals surface area contributed by atoms with Crippen molar-refractivity contribution in [1.29, 1.82) is 0 Å². The number of nitrogens with two attached hydrogens (primary N) is 1. The summed E-state index contributed by atoms with van der Waals surface area (Å²) in [7, 11) is 2.05. The normalized spacial score (nSPS) is 28.5. The van der Waals surface area contributed by atoms with Crippen LogP contribution in [-0.4, -0.2) is 15.1 Å². The van der Waals surface area contributed by atoms with Crippen LogP contribution in [0, 0.1) is 5.41 Å². The Hall–Kier alpha value is -0.830. The second-order valence-electron chi connectivity index (χ2n) is 6.16. The summed E-state index contributed by atoms with van der Waals surface area (Å²) in [5, 5.41) is 0. The van der Waals surface area contributed by atoms with Crippen molar-refractivity contribution in [3.8, 4) is 0 Å². The third-order valence-corrected chi connectivity index (χ3v) is 3.90. The Morgan fingerprint density at radius 1 is 1.44 bits per heavy atom.